The van der Waals surface area contributed by atoms with E-state index < -0.39 is 27.0 Å². The van der Waals surface area contributed by atoms with Gasteiger partial charge in [-0.05, 0) is 48.9 Å². The van der Waals surface area contributed by atoms with Crippen LogP contribution in [0, 0.1) is 11.3 Å². The molecule has 7 nitrogen and oxygen atoms in total. The Hall–Kier alpha value is -1.87. The number of piperidine rings is 1. The molecule has 0 aromatic heterocycles. The maximum absolute atomic E-state index is 14.6. The van der Waals surface area contributed by atoms with Crippen molar-refractivity contribution in [1.29, 1.82) is 0 Å². The molecule has 3 heterocycles. The molecular weight excluding hydrogens is 409 g/mol. The number of carbonyl (C=O) groups is 1. The number of ether oxygens (including phenoxy) is 1. The number of hydrogen-bond acceptors (Lipinski definition) is 6. The van der Waals surface area contributed by atoms with Gasteiger partial charge in [-0.15, -0.1) is 0 Å². The number of nitrogens with two attached hydrogens (primary N) is 1. The molecule has 0 saturated carbocycles. The molecule has 3 saturated heterocycles. The van der Waals surface area contributed by atoms with Crippen LogP contribution in [0.1, 0.15) is 27.2 Å². The minimum Gasteiger partial charge on any atom is -0.494 e. The SMILES string of the molecule is CCOc1ccc(N2C[C@H]3CN(C(=O)C(F)S(=O)(=O)CCN)C[C@@H]2C(C)(C)C3)cc1. The van der Waals surface area contributed by atoms with Gasteiger partial charge in [0, 0.05) is 31.9 Å². The van der Waals surface area contributed by atoms with Crippen molar-refractivity contribution in [2.24, 2.45) is 17.1 Å². The third kappa shape index (κ3) is 4.56. The summed E-state index contributed by atoms with van der Waals surface area (Å²) in [6, 6.07) is 7.78. The fourth-order valence-electron chi connectivity index (χ4n) is 4.77. The van der Waals surface area contributed by atoms with Crippen LogP contribution >= 0.6 is 0 Å². The molecule has 2 N–H and O–H groups in total. The summed E-state index contributed by atoms with van der Waals surface area (Å²) in [5.41, 5.74) is 3.62. The largest absolute Gasteiger partial charge is 0.494 e. The summed E-state index contributed by atoms with van der Waals surface area (Å²) < 4.78 is 44.2. The van der Waals surface area contributed by atoms with Crippen LogP contribution in [0.15, 0.2) is 24.3 Å². The van der Waals surface area contributed by atoms with Crippen molar-refractivity contribution in [3.05, 3.63) is 24.3 Å². The number of sulfone groups is 1. The topological polar surface area (TPSA) is 92.9 Å². The molecule has 1 aromatic carbocycles. The van der Waals surface area contributed by atoms with Crippen LogP contribution in [0.25, 0.3) is 0 Å². The van der Waals surface area contributed by atoms with Crippen molar-refractivity contribution in [2.45, 2.75) is 38.7 Å². The van der Waals surface area contributed by atoms with Gasteiger partial charge < -0.3 is 20.3 Å². The Balaban J connectivity index is 1.85. The second-order valence-corrected chi connectivity index (χ2v) is 11.0. The fourth-order valence-corrected chi connectivity index (χ4v) is 5.76. The lowest BCUT2D eigenvalue weighted by Gasteiger charge is -2.48. The Labute approximate surface area is 178 Å². The summed E-state index contributed by atoms with van der Waals surface area (Å²) >= 11 is 0. The Kier molecular flexibility index (Phi) is 6.62. The number of amides is 1. The fraction of sp³-hybridized carbons (Fsp3) is 0.667. The van der Waals surface area contributed by atoms with Gasteiger partial charge in [-0.3, -0.25) is 4.79 Å². The van der Waals surface area contributed by atoms with E-state index in [0.29, 0.717) is 13.2 Å². The zero-order chi connectivity index (χ0) is 22.1. The molecule has 3 atom stereocenters. The first-order chi connectivity index (χ1) is 14.1. The van der Waals surface area contributed by atoms with Gasteiger partial charge in [0.2, 0.25) is 0 Å². The van der Waals surface area contributed by atoms with Crippen LogP contribution in [-0.4, -0.2) is 69.3 Å². The number of nitrogens with zero attached hydrogens (tertiary/aromatic N) is 2. The van der Waals surface area contributed by atoms with Crippen molar-refractivity contribution >= 4 is 21.4 Å². The number of halogens is 1. The molecule has 0 spiro atoms. The number of hydrogen-bond donors (Lipinski definition) is 1. The van der Waals surface area contributed by atoms with Crippen molar-refractivity contribution in [3.63, 3.8) is 0 Å². The maximum Gasteiger partial charge on any atom is 0.278 e. The molecule has 1 amide bonds. The number of alkyl halides is 1. The van der Waals surface area contributed by atoms with Crippen molar-refractivity contribution < 1.29 is 22.3 Å². The molecule has 3 aliphatic rings. The number of rotatable bonds is 7. The molecule has 30 heavy (non-hydrogen) atoms. The second kappa shape index (κ2) is 8.70. The average Bonchev–Trinajstić information content (AvgIpc) is 2.94. The summed E-state index contributed by atoms with van der Waals surface area (Å²) in [5.74, 6) is -0.587. The van der Waals surface area contributed by atoms with Gasteiger partial charge in [0.15, 0.2) is 9.84 Å². The van der Waals surface area contributed by atoms with Gasteiger partial charge in [-0.25, -0.2) is 12.8 Å². The van der Waals surface area contributed by atoms with Crippen molar-refractivity contribution in [1.82, 2.24) is 4.90 Å². The first-order valence-electron chi connectivity index (χ1n) is 10.4. The summed E-state index contributed by atoms with van der Waals surface area (Å²) in [6.07, 6.45) is 0.890. The van der Waals surface area contributed by atoms with Crippen LogP contribution in [0.3, 0.4) is 0 Å². The predicted molar refractivity (Wildman–Crippen MR) is 115 cm³/mol. The summed E-state index contributed by atoms with van der Waals surface area (Å²) in [4.78, 5) is 16.4. The number of benzene rings is 1. The van der Waals surface area contributed by atoms with Crippen LogP contribution in [0.2, 0.25) is 0 Å². The van der Waals surface area contributed by atoms with E-state index in [1.807, 2.05) is 31.2 Å². The molecule has 0 radical (unpaired) electrons. The Morgan fingerprint density at radius 3 is 2.53 bits per heavy atom. The van der Waals surface area contributed by atoms with E-state index in [4.69, 9.17) is 10.5 Å². The molecular formula is C21H32FN3O4S. The first-order valence-corrected chi connectivity index (χ1v) is 12.1. The van der Waals surface area contributed by atoms with Crippen LogP contribution in [-0.2, 0) is 14.6 Å². The van der Waals surface area contributed by atoms with E-state index >= 15 is 0 Å². The average molecular weight is 442 g/mol. The second-order valence-electron chi connectivity index (χ2n) is 8.87. The van der Waals surface area contributed by atoms with E-state index in [1.165, 1.54) is 4.90 Å². The molecule has 3 aliphatic heterocycles. The standard InChI is InChI=1S/C21H32FN3O4S/c1-4-29-17-7-5-16(6-8-17)25-13-15-11-21(2,3)18(25)14-24(12-15)20(26)19(22)30(27,28)10-9-23/h5-8,15,18-19H,4,9-14,23H2,1-3H3/t15-,18-,19?/m1/s1. The van der Waals surface area contributed by atoms with Gasteiger partial charge in [-0.1, -0.05) is 13.8 Å². The van der Waals surface area contributed by atoms with Gasteiger partial charge in [0.25, 0.3) is 11.4 Å². The van der Waals surface area contributed by atoms with E-state index in [0.717, 1.165) is 24.4 Å². The van der Waals surface area contributed by atoms with Gasteiger partial charge in [0.1, 0.15) is 5.75 Å². The first kappa shape index (κ1) is 22.8. The van der Waals surface area contributed by atoms with Gasteiger partial charge >= 0.3 is 0 Å². The zero-order valence-electron chi connectivity index (χ0n) is 17.9. The summed E-state index contributed by atoms with van der Waals surface area (Å²) in [5, 5.41) is 0. The minimum atomic E-state index is -4.20. The van der Waals surface area contributed by atoms with Crippen LogP contribution in [0.5, 0.6) is 5.75 Å². The molecule has 2 bridgehead atoms. The third-order valence-corrected chi connectivity index (χ3v) is 7.76. The summed E-state index contributed by atoms with van der Waals surface area (Å²) in [7, 11) is -4.20. The highest BCUT2D eigenvalue weighted by atomic mass is 32.2. The number of anilines is 1. The highest BCUT2D eigenvalue weighted by molar-refractivity contribution is 7.92. The lowest BCUT2D eigenvalue weighted by atomic mass is 9.73. The quantitative estimate of drug-likeness (QED) is 0.694. The third-order valence-electron chi connectivity index (χ3n) is 6.12. The number of fused-ring (bicyclic) bond motifs is 4. The van der Waals surface area contributed by atoms with E-state index in [-0.39, 0.29) is 30.5 Å². The van der Waals surface area contributed by atoms with Crippen LogP contribution in [0.4, 0.5) is 10.1 Å². The Morgan fingerprint density at radius 2 is 1.93 bits per heavy atom. The Morgan fingerprint density at radius 1 is 1.27 bits per heavy atom. The van der Waals surface area contributed by atoms with E-state index in [9.17, 15) is 17.6 Å². The highest BCUT2D eigenvalue weighted by Crippen LogP contribution is 2.43. The predicted octanol–water partition coefficient (Wildman–Crippen LogP) is 1.82. The zero-order valence-corrected chi connectivity index (χ0v) is 18.7. The van der Waals surface area contributed by atoms with Crippen LogP contribution < -0.4 is 15.4 Å². The normalized spacial score (nSPS) is 24.4. The maximum atomic E-state index is 14.6. The minimum absolute atomic E-state index is 0.0532. The lowest BCUT2D eigenvalue weighted by Crippen LogP contribution is -2.54. The molecule has 168 valence electrons. The molecule has 3 fully saturated rings. The highest BCUT2D eigenvalue weighted by Gasteiger charge is 2.48. The lowest BCUT2D eigenvalue weighted by molar-refractivity contribution is -0.133. The van der Waals surface area contributed by atoms with E-state index in [1.54, 1.807) is 0 Å². The van der Waals surface area contributed by atoms with Gasteiger partial charge in [0.05, 0.1) is 18.4 Å². The molecule has 4 rings (SSSR count). The van der Waals surface area contributed by atoms with Crippen molar-refractivity contribution in [3.8, 4) is 5.75 Å². The van der Waals surface area contributed by atoms with Crippen molar-refractivity contribution in [2.75, 3.05) is 43.4 Å². The molecule has 1 unspecified atom stereocenters. The molecule has 0 aliphatic carbocycles. The Bertz CT molecular complexity index is 860. The number of carbonyl (C=O) groups excluding carboxylic acids is 1. The molecule has 9 heteroatoms. The van der Waals surface area contributed by atoms with E-state index in [2.05, 4.69) is 18.7 Å². The summed E-state index contributed by atoms with van der Waals surface area (Å²) in [6.45, 7) is 7.99. The smallest absolute Gasteiger partial charge is 0.278 e. The monoisotopic (exact) mass is 441 g/mol. The van der Waals surface area contributed by atoms with Gasteiger partial charge in [-0.2, -0.15) is 0 Å². The molecule has 1 aromatic rings.